The molecule has 4 heterocycles. The lowest BCUT2D eigenvalue weighted by atomic mass is 9.92. The van der Waals surface area contributed by atoms with Crippen molar-refractivity contribution in [1.29, 1.82) is 0 Å². The minimum absolute atomic E-state index is 0.206. The van der Waals surface area contributed by atoms with Crippen LogP contribution >= 0.6 is 0 Å². The van der Waals surface area contributed by atoms with Gasteiger partial charge in [-0.25, -0.2) is 9.97 Å². The number of rotatable bonds is 7. The topological polar surface area (TPSA) is 55.7 Å². The van der Waals surface area contributed by atoms with Crippen LogP contribution in [0.1, 0.15) is 57.8 Å². The minimum Gasteiger partial charge on any atom is -0.394 e. The van der Waals surface area contributed by atoms with Gasteiger partial charge in [-0.3, -0.25) is 0 Å². The minimum atomic E-state index is 0.206. The van der Waals surface area contributed by atoms with Crippen LogP contribution < -0.4 is 9.80 Å². The van der Waals surface area contributed by atoms with Gasteiger partial charge in [0.2, 0.25) is 0 Å². The highest BCUT2D eigenvalue weighted by atomic mass is 16.3. The first kappa shape index (κ1) is 19.9. The van der Waals surface area contributed by atoms with Gasteiger partial charge < -0.3 is 19.8 Å². The zero-order valence-electron chi connectivity index (χ0n) is 17.3. The van der Waals surface area contributed by atoms with Crippen LogP contribution in [-0.2, 0) is 0 Å². The molecule has 0 radical (unpaired) electrons. The third kappa shape index (κ3) is 4.95. The lowest BCUT2D eigenvalue weighted by Crippen LogP contribution is -2.42. The average Bonchev–Trinajstić information content (AvgIpc) is 3.28. The Kier molecular flexibility index (Phi) is 7.02. The summed E-state index contributed by atoms with van der Waals surface area (Å²) in [6.45, 7) is 7.36. The number of hydrogen-bond acceptors (Lipinski definition) is 6. The first-order valence-electron chi connectivity index (χ1n) is 11.5. The molecule has 6 heteroatoms. The van der Waals surface area contributed by atoms with Gasteiger partial charge in [-0.05, 0) is 83.3 Å². The summed E-state index contributed by atoms with van der Waals surface area (Å²) >= 11 is 0. The van der Waals surface area contributed by atoms with Gasteiger partial charge in [-0.1, -0.05) is 0 Å². The fourth-order valence-corrected chi connectivity index (χ4v) is 5.22. The predicted molar refractivity (Wildman–Crippen MR) is 114 cm³/mol. The fourth-order valence-electron chi connectivity index (χ4n) is 5.22. The Hall–Kier alpha value is -1.40. The van der Waals surface area contributed by atoms with E-state index in [0.717, 1.165) is 43.6 Å². The van der Waals surface area contributed by atoms with Crippen LogP contribution in [0.2, 0.25) is 0 Å². The molecule has 0 bridgehead atoms. The van der Waals surface area contributed by atoms with Crippen LogP contribution in [0.4, 0.5) is 11.6 Å². The summed E-state index contributed by atoms with van der Waals surface area (Å²) in [6, 6.07) is 2.35. The summed E-state index contributed by atoms with van der Waals surface area (Å²) in [4.78, 5) is 16.4. The Morgan fingerprint density at radius 2 is 1.64 bits per heavy atom. The number of hydrogen-bond donors (Lipinski definition) is 1. The monoisotopic (exact) mass is 387 g/mol. The molecule has 3 aliphatic rings. The molecule has 28 heavy (non-hydrogen) atoms. The highest BCUT2D eigenvalue weighted by Crippen LogP contribution is 2.28. The summed E-state index contributed by atoms with van der Waals surface area (Å²) in [6.07, 6.45) is 13.2. The van der Waals surface area contributed by atoms with Gasteiger partial charge in [0.05, 0.1) is 12.6 Å². The Bertz CT molecular complexity index is 598. The number of aliphatic hydroxyl groups excluding tert-OH is 1. The van der Waals surface area contributed by atoms with E-state index in [2.05, 4.69) is 30.7 Å². The quantitative estimate of drug-likeness (QED) is 0.776. The van der Waals surface area contributed by atoms with Gasteiger partial charge in [0, 0.05) is 25.7 Å². The lowest BCUT2D eigenvalue weighted by Gasteiger charge is -2.37. The second kappa shape index (κ2) is 9.88. The Morgan fingerprint density at radius 1 is 0.893 bits per heavy atom. The van der Waals surface area contributed by atoms with E-state index in [1.165, 1.54) is 71.0 Å². The van der Waals surface area contributed by atoms with E-state index < -0.39 is 0 Å². The molecule has 1 aromatic heterocycles. The first-order chi connectivity index (χ1) is 13.8. The number of anilines is 2. The second-order valence-corrected chi connectivity index (χ2v) is 8.88. The molecule has 0 amide bonds. The number of likely N-dealkylation sites (tertiary alicyclic amines) is 1. The highest BCUT2D eigenvalue weighted by molar-refractivity contribution is 5.51. The second-order valence-electron chi connectivity index (χ2n) is 8.88. The number of nitrogens with zero attached hydrogens (tertiary/aromatic N) is 5. The Labute approximate surface area is 169 Å². The molecule has 0 saturated carbocycles. The normalized spacial score (nSPS) is 24.8. The molecule has 3 fully saturated rings. The van der Waals surface area contributed by atoms with Gasteiger partial charge in [0.15, 0.2) is 0 Å². The third-order valence-corrected chi connectivity index (χ3v) is 6.99. The van der Waals surface area contributed by atoms with Gasteiger partial charge in [-0.15, -0.1) is 0 Å². The Balaban J connectivity index is 1.27. The molecule has 156 valence electrons. The highest BCUT2D eigenvalue weighted by Gasteiger charge is 2.25. The third-order valence-electron chi connectivity index (χ3n) is 6.99. The van der Waals surface area contributed by atoms with E-state index in [4.69, 9.17) is 0 Å². The molecule has 6 nitrogen and oxygen atoms in total. The van der Waals surface area contributed by atoms with Crippen LogP contribution in [0.3, 0.4) is 0 Å². The van der Waals surface area contributed by atoms with Crippen molar-refractivity contribution in [3.05, 3.63) is 12.4 Å². The largest absolute Gasteiger partial charge is 0.394 e. The molecule has 1 unspecified atom stereocenters. The van der Waals surface area contributed by atoms with Crippen molar-refractivity contribution in [2.24, 2.45) is 5.92 Å². The number of aromatic nitrogens is 2. The molecule has 4 rings (SSSR count). The molecule has 0 aromatic carbocycles. The maximum absolute atomic E-state index is 9.71. The summed E-state index contributed by atoms with van der Waals surface area (Å²) in [7, 11) is 0. The van der Waals surface area contributed by atoms with Gasteiger partial charge in [0.1, 0.15) is 18.0 Å². The summed E-state index contributed by atoms with van der Waals surface area (Å²) in [5.74, 6) is 2.92. The van der Waals surface area contributed by atoms with Gasteiger partial charge in [0.25, 0.3) is 0 Å². The van der Waals surface area contributed by atoms with E-state index in [1.807, 2.05) is 0 Å². The van der Waals surface area contributed by atoms with E-state index in [0.29, 0.717) is 0 Å². The fraction of sp³-hybridized carbons (Fsp3) is 0.818. The van der Waals surface area contributed by atoms with E-state index in [9.17, 15) is 5.11 Å². The van der Waals surface area contributed by atoms with Crippen LogP contribution in [0.5, 0.6) is 0 Å². The van der Waals surface area contributed by atoms with Crippen LogP contribution in [-0.4, -0.2) is 71.9 Å². The van der Waals surface area contributed by atoms with Crippen LogP contribution in [0, 0.1) is 5.92 Å². The summed E-state index contributed by atoms with van der Waals surface area (Å²) < 4.78 is 0. The van der Waals surface area contributed by atoms with E-state index >= 15 is 0 Å². The van der Waals surface area contributed by atoms with Crippen molar-refractivity contribution < 1.29 is 5.11 Å². The lowest BCUT2D eigenvalue weighted by molar-refractivity contribution is 0.239. The number of aliphatic hydroxyl groups is 1. The van der Waals surface area contributed by atoms with Crippen LogP contribution in [0.25, 0.3) is 0 Å². The standard InChI is InChI=1S/C22H37N5O/c28-17-20-7-1-2-13-27(20)22-16-21(23-18-24-22)26-14-8-19(9-15-26)6-5-12-25-10-3-4-11-25/h16,18-20,28H,1-15,17H2. The van der Waals surface area contributed by atoms with Crippen molar-refractivity contribution in [3.63, 3.8) is 0 Å². The van der Waals surface area contributed by atoms with E-state index in [1.54, 1.807) is 6.33 Å². The molecule has 1 aromatic rings. The average molecular weight is 388 g/mol. The first-order valence-corrected chi connectivity index (χ1v) is 11.5. The maximum Gasteiger partial charge on any atom is 0.134 e. The molecule has 1 N–H and O–H groups in total. The van der Waals surface area contributed by atoms with Crippen molar-refractivity contribution in [3.8, 4) is 0 Å². The van der Waals surface area contributed by atoms with Gasteiger partial charge >= 0.3 is 0 Å². The zero-order valence-corrected chi connectivity index (χ0v) is 17.3. The Morgan fingerprint density at radius 3 is 2.43 bits per heavy atom. The SMILES string of the molecule is OCC1CCCCN1c1cc(N2CCC(CCCN3CCCC3)CC2)ncn1. The molecule has 3 aliphatic heterocycles. The molecule has 1 atom stereocenters. The van der Waals surface area contributed by atoms with Crippen LogP contribution in [0.15, 0.2) is 12.4 Å². The van der Waals surface area contributed by atoms with Crippen molar-refractivity contribution in [2.45, 2.75) is 63.8 Å². The summed E-state index contributed by atoms with van der Waals surface area (Å²) in [5.41, 5.74) is 0. The molecule has 0 spiro atoms. The van der Waals surface area contributed by atoms with Gasteiger partial charge in [-0.2, -0.15) is 0 Å². The molecular formula is C22H37N5O. The van der Waals surface area contributed by atoms with E-state index in [-0.39, 0.29) is 12.6 Å². The molecule has 3 saturated heterocycles. The maximum atomic E-state index is 9.71. The zero-order chi connectivity index (χ0) is 19.2. The summed E-state index contributed by atoms with van der Waals surface area (Å²) in [5, 5.41) is 9.71. The van der Waals surface area contributed by atoms with Crippen molar-refractivity contribution in [2.75, 3.05) is 55.7 Å². The molecule has 0 aliphatic carbocycles. The predicted octanol–water partition coefficient (Wildman–Crippen LogP) is 2.92. The molecular weight excluding hydrogens is 350 g/mol. The van der Waals surface area contributed by atoms with Crippen molar-refractivity contribution in [1.82, 2.24) is 14.9 Å². The van der Waals surface area contributed by atoms with Crippen molar-refractivity contribution >= 4 is 11.6 Å². The number of piperidine rings is 2. The smallest absolute Gasteiger partial charge is 0.134 e.